The second-order valence-corrected chi connectivity index (χ2v) is 4.16. The van der Waals surface area contributed by atoms with Gasteiger partial charge in [-0.2, -0.15) is 4.98 Å². The summed E-state index contributed by atoms with van der Waals surface area (Å²) >= 11 is 0. The van der Waals surface area contributed by atoms with E-state index in [2.05, 4.69) is 25.8 Å². The second kappa shape index (κ2) is 5.38. The molecule has 1 aromatic carbocycles. The third-order valence-corrected chi connectivity index (χ3v) is 2.52. The maximum atomic E-state index is 11.7. The zero-order valence-corrected chi connectivity index (χ0v) is 11.1. The third kappa shape index (κ3) is 3.01. The number of hydrogen-bond donors (Lipinski definition) is 3. The first-order valence-electron chi connectivity index (χ1n) is 5.79. The van der Waals surface area contributed by atoms with Crippen LogP contribution in [0.5, 0.6) is 0 Å². The number of anilines is 3. The van der Waals surface area contributed by atoms with Gasteiger partial charge in [-0.05, 0) is 24.3 Å². The fourth-order valence-electron chi connectivity index (χ4n) is 1.51. The summed E-state index contributed by atoms with van der Waals surface area (Å²) in [5.41, 5.74) is 1.46. The van der Waals surface area contributed by atoms with E-state index in [4.69, 9.17) is 0 Å². The number of amides is 1. The quantitative estimate of drug-likeness (QED) is 0.771. The van der Waals surface area contributed by atoms with Gasteiger partial charge in [-0.3, -0.25) is 4.79 Å². The molecule has 0 fully saturated rings. The molecule has 0 bridgehead atoms. The van der Waals surface area contributed by atoms with E-state index < -0.39 is 0 Å². The Kier molecular flexibility index (Phi) is 3.65. The van der Waals surface area contributed by atoms with Gasteiger partial charge < -0.3 is 15.5 Å². The van der Waals surface area contributed by atoms with Gasteiger partial charge in [-0.15, -0.1) is 5.10 Å². The van der Waals surface area contributed by atoms with Crippen LogP contribution in [0.2, 0.25) is 0 Å². The minimum Gasteiger partial charge on any atom is -0.358 e. The molecule has 1 aromatic heterocycles. The molecule has 100 valence electrons. The van der Waals surface area contributed by atoms with Crippen molar-refractivity contribution in [2.45, 2.75) is 0 Å². The van der Waals surface area contributed by atoms with Crippen LogP contribution in [-0.4, -0.2) is 47.1 Å². The summed E-state index contributed by atoms with van der Waals surface area (Å²) in [4.78, 5) is 17.4. The number of H-pyrrole nitrogens is 1. The summed E-state index contributed by atoms with van der Waals surface area (Å²) in [5.74, 6) is 1.03. The average Bonchev–Trinajstić information content (AvgIpc) is 2.86. The molecule has 0 spiro atoms. The van der Waals surface area contributed by atoms with Crippen molar-refractivity contribution in [3.63, 3.8) is 0 Å². The van der Waals surface area contributed by atoms with Crippen LogP contribution < -0.4 is 10.6 Å². The molecule has 0 aliphatic heterocycles. The van der Waals surface area contributed by atoms with Crippen molar-refractivity contribution >= 4 is 23.5 Å². The van der Waals surface area contributed by atoms with Gasteiger partial charge in [0.05, 0.1) is 0 Å². The van der Waals surface area contributed by atoms with Crippen molar-refractivity contribution in [1.82, 2.24) is 20.1 Å². The zero-order chi connectivity index (χ0) is 13.8. The second-order valence-electron chi connectivity index (χ2n) is 4.16. The average molecular weight is 260 g/mol. The van der Waals surface area contributed by atoms with E-state index in [0.717, 1.165) is 5.69 Å². The number of hydrogen-bond acceptors (Lipinski definition) is 5. The minimum atomic E-state index is -0.0260. The molecular formula is C12H16N6O. The van der Waals surface area contributed by atoms with E-state index in [1.807, 2.05) is 12.1 Å². The van der Waals surface area contributed by atoms with E-state index in [1.54, 1.807) is 33.3 Å². The van der Waals surface area contributed by atoms with Crippen LogP contribution in [0.4, 0.5) is 17.6 Å². The predicted octanol–water partition coefficient (Wildman–Crippen LogP) is 1.29. The van der Waals surface area contributed by atoms with Crippen molar-refractivity contribution in [3.05, 3.63) is 29.8 Å². The number of carbonyl (C=O) groups is 1. The predicted molar refractivity (Wildman–Crippen MR) is 73.7 cm³/mol. The number of aromatic amines is 1. The van der Waals surface area contributed by atoms with E-state index in [1.165, 1.54) is 4.90 Å². The first kappa shape index (κ1) is 12.9. The third-order valence-electron chi connectivity index (χ3n) is 2.52. The van der Waals surface area contributed by atoms with Crippen molar-refractivity contribution in [2.24, 2.45) is 0 Å². The van der Waals surface area contributed by atoms with Gasteiger partial charge in [0.25, 0.3) is 5.91 Å². The molecule has 19 heavy (non-hydrogen) atoms. The summed E-state index contributed by atoms with van der Waals surface area (Å²) in [6.07, 6.45) is 0. The van der Waals surface area contributed by atoms with Crippen LogP contribution in [0.25, 0.3) is 0 Å². The molecule has 0 unspecified atom stereocenters. The van der Waals surface area contributed by atoms with Crippen molar-refractivity contribution in [1.29, 1.82) is 0 Å². The molecule has 0 atom stereocenters. The SMILES string of the molecule is CNc1nc(Nc2ccc(C(=O)N(C)C)cc2)n[nH]1. The van der Waals surface area contributed by atoms with E-state index in [9.17, 15) is 4.79 Å². The lowest BCUT2D eigenvalue weighted by atomic mass is 10.2. The Hall–Kier alpha value is -2.57. The number of nitrogens with zero attached hydrogens (tertiary/aromatic N) is 3. The molecular weight excluding hydrogens is 244 g/mol. The van der Waals surface area contributed by atoms with Crippen LogP contribution in [0.1, 0.15) is 10.4 Å². The van der Waals surface area contributed by atoms with Crippen LogP contribution in [-0.2, 0) is 0 Å². The number of rotatable bonds is 4. The lowest BCUT2D eigenvalue weighted by Gasteiger charge is -2.10. The van der Waals surface area contributed by atoms with Gasteiger partial charge in [0.15, 0.2) is 0 Å². The fraction of sp³-hybridized carbons (Fsp3) is 0.250. The lowest BCUT2D eigenvalue weighted by Crippen LogP contribution is -2.21. The van der Waals surface area contributed by atoms with Crippen LogP contribution in [0, 0.1) is 0 Å². The van der Waals surface area contributed by atoms with E-state index in [0.29, 0.717) is 17.5 Å². The Labute approximate surface area is 111 Å². The van der Waals surface area contributed by atoms with Gasteiger partial charge in [0.1, 0.15) is 0 Å². The molecule has 1 amide bonds. The van der Waals surface area contributed by atoms with Crippen LogP contribution >= 0.6 is 0 Å². The maximum absolute atomic E-state index is 11.7. The smallest absolute Gasteiger partial charge is 0.253 e. The molecule has 0 saturated carbocycles. The Morgan fingerprint density at radius 1 is 1.26 bits per heavy atom. The maximum Gasteiger partial charge on any atom is 0.253 e. The topological polar surface area (TPSA) is 85.9 Å². The number of carbonyl (C=O) groups excluding carboxylic acids is 1. The summed E-state index contributed by atoms with van der Waals surface area (Å²) in [7, 11) is 5.20. The standard InChI is InChI=1S/C12H16N6O/c1-13-11-15-12(17-16-11)14-9-6-4-8(5-7-9)10(19)18(2)3/h4-7H,1-3H3,(H3,13,14,15,16,17). The summed E-state index contributed by atoms with van der Waals surface area (Å²) in [5, 5.41) is 12.6. The molecule has 0 radical (unpaired) electrons. The molecule has 1 heterocycles. The van der Waals surface area contributed by atoms with Crippen molar-refractivity contribution in [2.75, 3.05) is 31.8 Å². The van der Waals surface area contributed by atoms with Crippen LogP contribution in [0.3, 0.4) is 0 Å². The Bertz CT molecular complexity index is 560. The molecule has 0 saturated heterocycles. The zero-order valence-electron chi connectivity index (χ0n) is 11.1. The highest BCUT2D eigenvalue weighted by molar-refractivity contribution is 5.94. The van der Waals surface area contributed by atoms with Crippen LogP contribution in [0.15, 0.2) is 24.3 Å². The monoisotopic (exact) mass is 260 g/mol. The molecule has 2 aromatic rings. The number of aromatic nitrogens is 3. The van der Waals surface area contributed by atoms with Gasteiger partial charge >= 0.3 is 0 Å². The Balaban J connectivity index is 2.08. The molecule has 7 nitrogen and oxygen atoms in total. The number of nitrogens with one attached hydrogen (secondary N) is 3. The molecule has 7 heteroatoms. The van der Waals surface area contributed by atoms with Crippen molar-refractivity contribution < 1.29 is 4.79 Å². The summed E-state index contributed by atoms with van der Waals surface area (Å²) in [6, 6.07) is 7.14. The minimum absolute atomic E-state index is 0.0260. The normalized spacial score (nSPS) is 10.1. The molecule has 3 N–H and O–H groups in total. The van der Waals surface area contributed by atoms with Gasteiger partial charge in [0, 0.05) is 32.4 Å². The largest absolute Gasteiger partial charge is 0.358 e. The summed E-state index contributed by atoms with van der Waals surface area (Å²) in [6.45, 7) is 0. The lowest BCUT2D eigenvalue weighted by molar-refractivity contribution is 0.0827. The van der Waals surface area contributed by atoms with Crippen molar-refractivity contribution in [3.8, 4) is 0 Å². The molecule has 0 aliphatic rings. The van der Waals surface area contributed by atoms with Gasteiger partial charge in [-0.1, -0.05) is 0 Å². The first-order valence-corrected chi connectivity index (χ1v) is 5.79. The van der Waals surface area contributed by atoms with E-state index in [-0.39, 0.29) is 5.91 Å². The molecule has 0 aliphatic carbocycles. The fourth-order valence-corrected chi connectivity index (χ4v) is 1.51. The highest BCUT2D eigenvalue weighted by atomic mass is 16.2. The van der Waals surface area contributed by atoms with Gasteiger partial charge in [0.2, 0.25) is 11.9 Å². The highest BCUT2D eigenvalue weighted by Crippen LogP contribution is 2.15. The number of benzene rings is 1. The van der Waals surface area contributed by atoms with Gasteiger partial charge in [-0.25, -0.2) is 5.10 Å². The molecule has 2 rings (SSSR count). The highest BCUT2D eigenvalue weighted by Gasteiger charge is 2.07. The Morgan fingerprint density at radius 3 is 2.47 bits per heavy atom. The summed E-state index contributed by atoms with van der Waals surface area (Å²) < 4.78 is 0. The van der Waals surface area contributed by atoms with E-state index >= 15 is 0 Å². The Morgan fingerprint density at radius 2 is 1.95 bits per heavy atom. The first-order chi connectivity index (χ1) is 9.10.